The summed E-state index contributed by atoms with van der Waals surface area (Å²) in [5.74, 6) is -0.258. The van der Waals surface area contributed by atoms with E-state index in [-0.39, 0.29) is 18.3 Å². The number of anilines is 1. The Morgan fingerprint density at radius 3 is 2.67 bits per heavy atom. The van der Waals surface area contributed by atoms with Crippen molar-refractivity contribution in [3.63, 3.8) is 0 Å². The van der Waals surface area contributed by atoms with Crippen molar-refractivity contribution in [3.8, 4) is 0 Å². The van der Waals surface area contributed by atoms with E-state index in [0.29, 0.717) is 17.2 Å². The second kappa shape index (κ2) is 3.13. The van der Waals surface area contributed by atoms with Crippen LogP contribution in [0.15, 0.2) is 24.3 Å². The van der Waals surface area contributed by atoms with Gasteiger partial charge in [-0.2, -0.15) is 5.06 Å². The van der Waals surface area contributed by atoms with E-state index in [2.05, 4.69) is 0 Å². The molecule has 0 atom stereocenters. The first-order valence-corrected chi connectivity index (χ1v) is 3.39. The molecule has 0 spiro atoms. The summed E-state index contributed by atoms with van der Waals surface area (Å²) in [4.78, 5) is 10.9. The Morgan fingerprint density at radius 1 is 1.33 bits per heavy atom. The van der Waals surface area contributed by atoms with E-state index in [4.69, 9.17) is 5.21 Å². The van der Waals surface area contributed by atoms with E-state index in [0.717, 1.165) is 5.56 Å². The fourth-order valence-corrected chi connectivity index (χ4v) is 1.24. The van der Waals surface area contributed by atoms with Gasteiger partial charge in [0.15, 0.2) is 0 Å². The minimum atomic E-state index is -0.258. The predicted octanol–water partition coefficient (Wildman–Crippen LogP) is 1.39. The van der Waals surface area contributed by atoms with Gasteiger partial charge in [0, 0.05) is 0 Å². The van der Waals surface area contributed by atoms with Crippen molar-refractivity contribution in [2.24, 2.45) is 0 Å². The summed E-state index contributed by atoms with van der Waals surface area (Å²) in [7, 11) is 0. The molecule has 1 aliphatic rings. The van der Waals surface area contributed by atoms with Gasteiger partial charge in [0.05, 0.1) is 12.1 Å². The highest BCUT2D eigenvalue weighted by atomic mass is 35.5. The van der Waals surface area contributed by atoms with Gasteiger partial charge in [-0.3, -0.25) is 10.0 Å². The molecule has 0 unspecified atom stereocenters. The largest absolute Gasteiger partial charge is 0.281 e. The summed E-state index contributed by atoms with van der Waals surface area (Å²) in [5.41, 5.74) is 1.50. The van der Waals surface area contributed by atoms with Gasteiger partial charge in [0.2, 0.25) is 0 Å². The lowest BCUT2D eigenvalue weighted by Crippen LogP contribution is -2.21. The third-order valence-corrected chi connectivity index (χ3v) is 1.80. The summed E-state index contributed by atoms with van der Waals surface area (Å²) < 4.78 is 0. The van der Waals surface area contributed by atoms with E-state index >= 15 is 0 Å². The summed E-state index contributed by atoms with van der Waals surface area (Å²) in [6.45, 7) is 0. The summed E-state index contributed by atoms with van der Waals surface area (Å²) in [6, 6.07) is 7.20. The lowest BCUT2D eigenvalue weighted by atomic mass is 10.2. The van der Waals surface area contributed by atoms with Crippen LogP contribution in [0, 0.1) is 0 Å². The summed E-state index contributed by atoms with van der Waals surface area (Å²) >= 11 is 0. The Kier molecular flexibility index (Phi) is 2.35. The van der Waals surface area contributed by atoms with Gasteiger partial charge in [0.25, 0.3) is 5.91 Å². The third-order valence-electron chi connectivity index (χ3n) is 1.80. The molecule has 1 amide bonds. The number of amides is 1. The first kappa shape index (κ1) is 9.03. The van der Waals surface area contributed by atoms with Crippen molar-refractivity contribution in [2.75, 3.05) is 5.06 Å². The molecule has 64 valence electrons. The van der Waals surface area contributed by atoms with Gasteiger partial charge in [-0.15, -0.1) is 12.4 Å². The van der Waals surface area contributed by atoms with Crippen molar-refractivity contribution in [3.05, 3.63) is 29.8 Å². The second-order valence-corrected chi connectivity index (χ2v) is 2.51. The van der Waals surface area contributed by atoms with Crippen molar-refractivity contribution < 1.29 is 10.0 Å². The zero-order valence-electron chi connectivity index (χ0n) is 6.23. The van der Waals surface area contributed by atoms with Crippen LogP contribution in [0.1, 0.15) is 5.56 Å². The molecule has 1 aliphatic heterocycles. The van der Waals surface area contributed by atoms with Crippen molar-refractivity contribution in [1.82, 2.24) is 0 Å². The number of rotatable bonds is 0. The molecule has 1 N–H and O–H groups in total. The molecule has 1 aromatic rings. The van der Waals surface area contributed by atoms with Crippen molar-refractivity contribution in [1.29, 1.82) is 0 Å². The maximum Gasteiger partial charge on any atom is 0.255 e. The number of benzene rings is 1. The number of hydrogen-bond donors (Lipinski definition) is 1. The van der Waals surface area contributed by atoms with Gasteiger partial charge in [0.1, 0.15) is 0 Å². The van der Waals surface area contributed by atoms with Crippen molar-refractivity contribution in [2.45, 2.75) is 6.42 Å². The molecule has 12 heavy (non-hydrogen) atoms. The van der Waals surface area contributed by atoms with E-state index < -0.39 is 0 Å². The highest BCUT2D eigenvalue weighted by Gasteiger charge is 2.24. The Hall–Kier alpha value is -1.06. The van der Waals surface area contributed by atoms with Crippen LogP contribution >= 0.6 is 12.4 Å². The van der Waals surface area contributed by atoms with E-state index in [1.807, 2.05) is 12.1 Å². The molecule has 3 nitrogen and oxygen atoms in total. The molecular weight excluding hydrogens is 178 g/mol. The fourth-order valence-electron chi connectivity index (χ4n) is 1.24. The van der Waals surface area contributed by atoms with E-state index in [9.17, 15) is 4.79 Å². The number of hydrogen-bond acceptors (Lipinski definition) is 2. The molecule has 4 heteroatoms. The Labute approximate surface area is 76.0 Å². The maximum atomic E-state index is 10.9. The molecule has 0 fully saturated rings. The fraction of sp³-hybridized carbons (Fsp3) is 0.125. The Bertz CT molecular complexity index is 314. The van der Waals surface area contributed by atoms with Crippen LogP contribution in [-0.4, -0.2) is 11.1 Å². The highest BCUT2D eigenvalue weighted by molar-refractivity contribution is 5.99. The molecule has 0 aliphatic carbocycles. The monoisotopic (exact) mass is 185 g/mol. The van der Waals surface area contributed by atoms with E-state index in [1.54, 1.807) is 12.1 Å². The van der Waals surface area contributed by atoms with Crippen LogP contribution < -0.4 is 5.06 Å². The average Bonchev–Trinajstić information content (AvgIpc) is 2.30. The van der Waals surface area contributed by atoms with Crippen LogP contribution in [0.4, 0.5) is 5.69 Å². The van der Waals surface area contributed by atoms with Crippen molar-refractivity contribution >= 4 is 24.0 Å². The number of para-hydroxylation sites is 1. The molecule has 0 bridgehead atoms. The highest BCUT2D eigenvalue weighted by Crippen LogP contribution is 2.25. The zero-order valence-corrected chi connectivity index (χ0v) is 7.04. The quantitative estimate of drug-likeness (QED) is 0.621. The molecule has 0 saturated heterocycles. The number of carbonyl (C=O) groups excluding carboxylic acids is 1. The number of nitrogens with zero attached hydrogens (tertiary/aromatic N) is 1. The van der Waals surface area contributed by atoms with Gasteiger partial charge >= 0.3 is 0 Å². The molecule has 1 aromatic carbocycles. The van der Waals surface area contributed by atoms with Gasteiger partial charge < -0.3 is 0 Å². The Morgan fingerprint density at radius 2 is 2.00 bits per heavy atom. The van der Waals surface area contributed by atoms with Gasteiger partial charge in [-0.25, -0.2) is 0 Å². The molecule has 0 aromatic heterocycles. The van der Waals surface area contributed by atoms with E-state index in [1.165, 1.54) is 0 Å². The Balaban J connectivity index is 0.000000720. The third kappa shape index (κ3) is 1.17. The lowest BCUT2D eigenvalue weighted by Gasteiger charge is -2.05. The van der Waals surface area contributed by atoms with Gasteiger partial charge in [-0.05, 0) is 11.6 Å². The smallest absolute Gasteiger partial charge is 0.255 e. The normalized spacial score (nSPS) is 14.1. The molecule has 0 saturated carbocycles. The zero-order chi connectivity index (χ0) is 7.84. The van der Waals surface area contributed by atoms with Crippen LogP contribution in [0.3, 0.4) is 0 Å². The standard InChI is InChI=1S/C8H7NO2.ClH/c10-8-5-6-3-1-2-4-7(6)9(8)11;/h1-4,11H,5H2;1H. The number of hydroxylamine groups is 1. The van der Waals surface area contributed by atoms with Crippen LogP contribution in [0.2, 0.25) is 0 Å². The first-order chi connectivity index (χ1) is 5.29. The SMILES string of the molecule is Cl.O=C1Cc2ccccc2N1O. The van der Waals surface area contributed by atoms with Crippen LogP contribution in [-0.2, 0) is 11.2 Å². The summed E-state index contributed by atoms with van der Waals surface area (Å²) in [5, 5.41) is 9.84. The van der Waals surface area contributed by atoms with Crippen LogP contribution in [0.5, 0.6) is 0 Å². The first-order valence-electron chi connectivity index (χ1n) is 3.39. The lowest BCUT2D eigenvalue weighted by molar-refractivity contribution is -0.122. The number of halogens is 1. The topological polar surface area (TPSA) is 40.5 Å². The molecule has 2 rings (SSSR count). The number of carbonyl (C=O) groups is 1. The minimum Gasteiger partial charge on any atom is -0.281 e. The molecular formula is C8H8ClNO2. The molecule has 0 radical (unpaired) electrons. The molecule has 1 heterocycles. The summed E-state index contributed by atoms with van der Waals surface area (Å²) in [6.07, 6.45) is 0.312. The second-order valence-electron chi connectivity index (χ2n) is 2.51. The number of fused-ring (bicyclic) bond motifs is 1. The minimum absolute atomic E-state index is 0. The predicted molar refractivity (Wildman–Crippen MR) is 46.7 cm³/mol. The average molecular weight is 186 g/mol. The van der Waals surface area contributed by atoms with Crippen LogP contribution in [0.25, 0.3) is 0 Å². The maximum absolute atomic E-state index is 10.9. The van der Waals surface area contributed by atoms with Gasteiger partial charge in [-0.1, -0.05) is 18.2 Å².